The molecule has 80 valence electrons. The van der Waals surface area contributed by atoms with Crippen LogP contribution < -0.4 is 11.1 Å². The van der Waals surface area contributed by atoms with E-state index in [2.05, 4.69) is 10.3 Å². The van der Waals surface area contributed by atoms with Crippen LogP contribution in [0.15, 0.2) is 18.3 Å². The Morgan fingerprint density at radius 2 is 2.33 bits per heavy atom. The first-order valence-electron chi connectivity index (χ1n) is 5.21. The number of hydrogen-bond acceptors (Lipinski definition) is 3. The van der Waals surface area contributed by atoms with Gasteiger partial charge in [-0.1, -0.05) is 0 Å². The molecule has 0 saturated heterocycles. The van der Waals surface area contributed by atoms with Crippen LogP contribution in [0.5, 0.6) is 0 Å². The van der Waals surface area contributed by atoms with Gasteiger partial charge in [0, 0.05) is 12.2 Å². The Balaban J connectivity index is 1.79. The quantitative estimate of drug-likeness (QED) is 0.761. The van der Waals surface area contributed by atoms with Crippen molar-refractivity contribution in [2.75, 3.05) is 12.3 Å². The molecule has 4 nitrogen and oxygen atoms in total. The van der Waals surface area contributed by atoms with Crippen molar-refractivity contribution in [2.45, 2.75) is 19.3 Å². The molecule has 1 fully saturated rings. The lowest BCUT2D eigenvalue weighted by molar-refractivity contribution is -0.120. The molecule has 1 aromatic rings. The number of anilines is 1. The van der Waals surface area contributed by atoms with Crippen LogP contribution in [0.3, 0.4) is 0 Å². The van der Waals surface area contributed by atoms with Crippen LogP contribution >= 0.6 is 0 Å². The highest BCUT2D eigenvalue weighted by atomic mass is 16.1. The van der Waals surface area contributed by atoms with Gasteiger partial charge in [0.05, 0.1) is 18.3 Å². The molecule has 0 spiro atoms. The van der Waals surface area contributed by atoms with Crippen molar-refractivity contribution in [1.82, 2.24) is 10.3 Å². The van der Waals surface area contributed by atoms with Gasteiger partial charge >= 0.3 is 0 Å². The van der Waals surface area contributed by atoms with Crippen molar-refractivity contribution in [3.05, 3.63) is 24.0 Å². The Hall–Kier alpha value is -1.58. The summed E-state index contributed by atoms with van der Waals surface area (Å²) in [6.45, 7) is 0.813. The minimum absolute atomic E-state index is 0.0409. The van der Waals surface area contributed by atoms with Gasteiger partial charge in [0.25, 0.3) is 0 Å². The number of rotatable bonds is 4. The fraction of sp³-hybridized carbons (Fsp3) is 0.455. The third-order valence-corrected chi connectivity index (χ3v) is 2.47. The molecular formula is C11H15N3O. The smallest absolute Gasteiger partial charge is 0.226 e. The number of carbonyl (C=O) groups is 1. The van der Waals surface area contributed by atoms with Gasteiger partial charge in [0.15, 0.2) is 0 Å². The van der Waals surface area contributed by atoms with Gasteiger partial charge in [-0.05, 0) is 30.9 Å². The van der Waals surface area contributed by atoms with E-state index >= 15 is 0 Å². The van der Waals surface area contributed by atoms with Gasteiger partial charge < -0.3 is 11.1 Å². The van der Waals surface area contributed by atoms with Crippen molar-refractivity contribution >= 4 is 11.6 Å². The second-order valence-electron chi connectivity index (χ2n) is 4.01. The van der Waals surface area contributed by atoms with E-state index in [0.717, 1.165) is 12.2 Å². The first-order chi connectivity index (χ1) is 7.24. The van der Waals surface area contributed by atoms with Crippen LogP contribution in [0.4, 0.5) is 5.69 Å². The first-order valence-corrected chi connectivity index (χ1v) is 5.21. The lowest BCUT2D eigenvalue weighted by Gasteiger charge is -2.03. The molecule has 0 atom stereocenters. The van der Waals surface area contributed by atoms with Gasteiger partial charge in [0.2, 0.25) is 5.91 Å². The number of carbonyl (C=O) groups excluding carboxylic acids is 1. The van der Waals surface area contributed by atoms with Crippen LogP contribution in [0, 0.1) is 5.92 Å². The number of nitrogens with zero attached hydrogens (tertiary/aromatic N) is 1. The number of hydrogen-bond donors (Lipinski definition) is 2. The van der Waals surface area contributed by atoms with Crippen LogP contribution in [0.25, 0.3) is 0 Å². The largest absolute Gasteiger partial charge is 0.397 e. The molecule has 3 N–H and O–H groups in total. The minimum atomic E-state index is 0.0409. The number of pyridine rings is 1. The number of amides is 1. The van der Waals surface area contributed by atoms with E-state index in [0.29, 0.717) is 18.0 Å². The Morgan fingerprint density at radius 1 is 1.53 bits per heavy atom. The molecule has 0 radical (unpaired) electrons. The molecule has 1 aliphatic carbocycles. The number of aromatic nitrogens is 1. The van der Waals surface area contributed by atoms with Crippen molar-refractivity contribution in [3.63, 3.8) is 0 Å². The summed E-state index contributed by atoms with van der Waals surface area (Å²) in [5.41, 5.74) is 6.89. The minimum Gasteiger partial charge on any atom is -0.397 e. The standard InChI is InChI=1S/C11H15N3O/c12-9-3-4-10(13-7-9)5-11(15)14-6-8-1-2-8/h3-4,7-8H,1-2,5-6,12H2,(H,14,15). The zero-order valence-electron chi connectivity index (χ0n) is 8.57. The fourth-order valence-electron chi connectivity index (χ4n) is 1.35. The van der Waals surface area contributed by atoms with Crippen molar-refractivity contribution in [2.24, 2.45) is 5.92 Å². The summed E-state index contributed by atoms with van der Waals surface area (Å²) in [6, 6.07) is 3.54. The third-order valence-electron chi connectivity index (χ3n) is 2.47. The molecule has 15 heavy (non-hydrogen) atoms. The van der Waals surface area contributed by atoms with E-state index in [1.165, 1.54) is 12.8 Å². The monoisotopic (exact) mass is 205 g/mol. The number of nitrogen functional groups attached to an aromatic ring is 1. The summed E-state index contributed by atoms with van der Waals surface area (Å²) >= 11 is 0. The van der Waals surface area contributed by atoms with Crippen molar-refractivity contribution < 1.29 is 4.79 Å². The Kier molecular flexibility index (Phi) is 2.85. The Morgan fingerprint density at radius 3 is 2.93 bits per heavy atom. The number of nitrogens with one attached hydrogen (secondary N) is 1. The van der Waals surface area contributed by atoms with E-state index in [-0.39, 0.29) is 5.91 Å². The SMILES string of the molecule is Nc1ccc(CC(=O)NCC2CC2)nc1. The maximum Gasteiger partial charge on any atom is 0.226 e. The predicted octanol–water partition coefficient (Wildman–Crippen LogP) is 0.732. The van der Waals surface area contributed by atoms with Gasteiger partial charge in [-0.15, -0.1) is 0 Å². The topological polar surface area (TPSA) is 68.0 Å². The van der Waals surface area contributed by atoms with Crippen LogP contribution in [0.2, 0.25) is 0 Å². The molecule has 0 unspecified atom stereocenters. The maximum atomic E-state index is 11.4. The summed E-state index contributed by atoms with van der Waals surface area (Å²) in [5, 5.41) is 2.90. The van der Waals surface area contributed by atoms with Gasteiger partial charge in [-0.25, -0.2) is 0 Å². The molecular weight excluding hydrogens is 190 g/mol. The van der Waals surface area contributed by atoms with E-state index < -0.39 is 0 Å². The van der Waals surface area contributed by atoms with Crippen molar-refractivity contribution in [3.8, 4) is 0 Å². The highest BCUT2D eigenvalue weighted by molar-refractivity contribution is 5.78. The summed E-state index contributed by atoms with van der Waals surface area (Å²) in [4.78, 5) is 15.5. The fourth-order valence-corrected chi connectivity index (χ4v) is 1.35. The van der Waals surface area contributed by atoms with E-state index in [9.17, 15) is 4.79 Å². The van der Waals surface area contributed by atoms with Gasteiger partial charge in [-0.3, -0.25) is 9.78 Å². The normalized spacial score (nSPS) is 14.9. The lowest BCUT2D eigenvalue weighted by Crippen LogP contribution is -2.27. The number of nitrogens with two attached hydrogens (primary N) is 1. The summed E-state index contributed by atoms with van der Waals surface area (Å²) in [7, 11) is 0. The summed E-state index contributed by atoms with van der Waals surface area (Å²) < 4.78 is 0. The van der Waals surface area contributed by atoms with Crippen LogP contribution in [-0.4, -0.2) is 17.4 Å². The molecule has 1 heterocycles. The molecule has 1 saturated carbocycles. The van der Waals surface area contributed by atoms with Crippen molar-refractivity contribution in [1.29, 1.82) is 0 Å². The second-order valence-corrected chi connectivity index (χ2v) is 4.01. The predicted molar refractivity (Wildman–Crippen MR) is 58.1 cm³/mol. The molecule has 1 aliphatic rings. The highest BCUT2D eigenvalue weighted by Crippen LogP contribution is 2.27. The molecule has 0 aromatic carbocycles. The van der Waals surface area contributed by atoms with Gasteiger partial charge in [-0.2, -0.15) is 0 Å². The molecule has 4 heteroatoms. The molecule has 1 amide bonds. The summed E-state index contributed by atoms with van der Waals surface area (Å²) in [5.74, 6) is 0.757. The molecule has 1 aromatic heterocycles. The Labute approximate surface area is 88.9 Å². The molecule has 2 rings (SSSR count). The van der Waals surface area contributed by atoms with Crippen LogP contribution in [-0.2, 0) is 11.2 Å². The van der Waals surface area contributed by atoms with E-state index in [1.54, 1.807) is 18.3 Å². The zero-order chi connectivity index (χ0) is 10.7. The first kappa shape index (κ1) is 9.96. The Bertz CT molecular complexity index is 343. The summed E-state index contributed by atoms with van der Waals surface area (Å²) in [6.07, 6.45) is 4.41. The van der Waals surface area contributed by atoms with Crippen LogP contribution in [0.1, 0.15) is 18.5 Å². The third kappa shape index (κ3) is 3.23. The second kappa shape index (κ2) is 4.29. The van der Waals surface area contributed by atoms with E-state index in [4.69, 9.17) is 5.73 Å². The lowest BCUT2D eigenvalue weighted by atomic mass is 10.2. The maximum absolute atomic E-state index is 11.4. The molecule has 0 bridgehead atoms. The average molecular weight is 205 g/mol. The zero-order valence-corrected chi connectivity index (χ0v) is 8.57. The highest BCUT2D eigenvalue weighted by Gasteiger charge is 2.21. The van der Waals surface area contributed by atoms with Gasteiger partial charge in [0.1, 0.15) is 0 Å². The van der Waals surface area contributed by atoms with E-state index in [1.807, 2.05) is 0 Å². The molecule has 0 aliphatic heterocycles. The average Bonchev–Trinajstić information content (AvgIpc) is 3.02.